The van der Waals surface area contributed by atoms with Crippen molar-refractivity contribution in [3.63, 3.8) is 0 Å². The largest absolute Gasteiger partial charge is 0.508 e. The molecule has 0 bridgehead atoms. The molecule has 100 valence electrons. The summed E-state index contributed by atoms with van der Waals surface area (Å²) in [5.74, 6) is 0.385. The molecule has 2 aromatic carbocycles. The van der Waals surface area contributed by atoms with E-state index in [0.29, 0.717) is 24.0 Å². The van der Waals surface area contributed by atoms with Gasteiger partial charge in [-0.3, -0.25) is 0 Å². The number of aromatic hydroxyl groups is 3. The molecule has 0 saturated heterocycles. The number of aryl methyl sites for hydroxylation is 1. The van der Waals surface area contributed by atoms with E-state index in [1.54, 1.807) is 24.3 Å². The van der Waals surface area contributed by atoms with Crippen molar-refractivity contribution in [3.8, 4) is 28.4 Å². The standard InChI is InChI=1S/C16H18O3/c1-3-10-9-14(18)13(4-2)16(19)15(10)11-6-5-7-12(17)8-11/h5-9,17-19H,3-4H2,1-2H3. The van der Waals surface area contributed by atoms with Crippen LogP contribution >= 0.6 is 0 Å². The molecule has 0 atom stereocenters. The van der Waals surface area contributed by atoms with Crippen molar-refractivity contribution in [3.05, 3.63) is 41.5 Å². The van der Waals surface area contributed by atoms with E-state index in [4.69, 9.17) is 0 Å². The van der Waals surface area contributed by atoms with Gasteiger partial charge < -0.3 is 15.3 Å². The van der Waals surface area contributed by atoms with Crippen LogP contribution in [0.3, 0.4) is 0 Å². The van der Waals surface area contributed by atoms with E-state index in [-0.39, 0.29) is 17.2 Å². The third-order valence-corrected chi connectivity index (χ3v) is 3.33. The van der Waals surface area contributed by atoms with Gasteiger partial charge in [-0.25, -0.2) is 0 Å². The second kappa shape index (κ2) is 5.22. The Bertz CT molecular complexity index is 603. The maximum Gasteiger partial charge on any atom is 0.130 e. The Morgan fingerprint density at radius 3 is 2.26 bits per heavy atom. The van der Waals surface area contributed by atoms with E-state index in [0.717, 1.165) is 11.1 Å². The van der Waals surface area contributed by atoms with E-state index in [2.05, 4.69) is 0 Å². The summed E-state index contributed by atoms with van der Waals surface area (Å²) in [6, 6.07) is 8.47. The van der Waals surface area contributed by atoms with Crippen LogP contribution in [0.1, 0.15) is 25.0 Å². The smallest absolute Gasteiger partial charge is 0.130 e. The van der Waals surface area contributed by atoms with E-state index in [1.165, 1.54) is 0 Å². The van der Waals surface area contributed by atoms with Crippen molar-refractivity contribution in [2.75, 3.05) is 0 Å². The third-order valence-electron chi connectivity index (χ3n) is 3.33. The summed E-state index contributed by atoms with van der Waals surface area (Å²) in [7, 11) is 0. The number of hydrogen-bond donors (Lipinski definition) is 3. The SMILES string of the molecule is CCc1cc(O)c(CC)c(O)c1-c1cccc(O)c1. The third kappa shape index (κ3) is 2.36. The highest BCUT2D eigenvalue weighted by atomic mass is 16.3. The zero-order valence-corrected chi connectivity index (χ0v) is 11.1. The number of phenolic OH excluding ortho intramolecular Hbond substituents is 3. The fourth-order valence-corrected chi connectivity index (χ4v) is 2.36. The second-order valence-corrected chi connectivity index (χ2v) is 4.51. The molecule has 3 N–H and O–H groups in total. The minimum Gasteiger partial charge on any atom is -0.508 e. The Morgan fingerprint density at radius 2 is 1.68 bits per heavy atom. The van der Waals surface area contributed by atoms with Crippen LogP contribution < -0.4 is 0 Å². The Kier molecular flexibility index (Phi) is 3.65. The average molecular weight is 258 g/mol. The first-order valence-electron chi connectivity index (χ1n) is 6.44. The highest BCUT2D eigenvalue weighted by Crippen LogP contribution is 2.41. The number of phenols is 3. The summed E-state index contributed by atoms with van der Waals surface area (Å²) in [5, 5.41) is 29.9. The first-order valence-corrected chi connectivity index (χ1v) is 6.44. The first kappa shape index (κ1) is 13.3. The van der Waals surface area contributed by atoms with Gasteiger partial charge in [-0.2, -0.15) is 0 Å². The maximum atomic E-state index is 10.4. The molecule has 0 spiro atoms. The van der Waals surface area contributed by atoms with Gasteiger partial charge in [-0.05, 0) is 42.2 Å². The Hall–Kier alpha value is -2.16. The van der Waals surface area contributed by atoms with Crippen molar-refractivity contribution in [1.82, 2.24) is 0 Å². The first-order chi connectivity index (χ1) is 9.08. The highest BCUT2D eigenvalue weighted by Gasteiger charge is 2.17. The second-order valence-electron chi connectivity index (χ2n) is 4.51. The molecule has 0 aliphatic carbocycles. The van der Waals surface area contributed by atoms with E-state index in [1.807, 2.05) is 19.9 Å². The molecule has 0 aromatic heterocycles. The Morgan fingerprint density at radius 1 is 0.947 bits per heavy atom. The molecule has 0 aliphatic heterocycles. The molecule has 0 radical (unpaired) electrons. The topological polar surface area (TPSA) is 60.7 Å². The molecular weight excluding hydrogens is 240 g/mol. The summed E-state index contributed by atoms with van der Waals surface area (Å²) in [6.45, 7) is 3.85. The van der Waals surface area contributed by atoms with Gasteiger partial charge in [-0.1, -0.05) is 26.0 Å². The predicted molar refractivity (Wildman–Crippen MR) is 75.6 cm³/mol. The highest BCUT2D eigenvalue weighted by molar-refractivity contribution is 5.78. The lowest BCUT2D eigenvalue weighted by Gasteiger charge is -2.15. The quantitative estimate of drug-likeness (QED) is 0.788. The lowest BCUT2D eigenvalue weighted by molar-refractivity contribution is 0.439. The molecule has 0 unspecified atom stereocenters. The van der Waals surface area contributed by atoms with Crippen LogP contribution in [-0.4, -0.2) is 15.3 Å². The van der Waals surface area contributed by atoms with Crippen molar-refractivity contribution in [2.24, 2.45) is 0 Å². The summed E-state index contributed by atoms with van der Waals surface area (Å²) in [4.78, 5) is 0. The summed E-state index contributed by atoms with van der Waals surface area (Å²) in [5.41, 5.74) is 2.84. The minimum absolute atomic E-state index is 0.102. The minimum atomic E-state index is 0.102. The van der Waals surface area contributed by atoms with Gasteiger partial charge in [0.05, 0.1) is 0 Å². The number of hydrogen-bond acceptors (Lipinski definition) is 3. The Labute approximate surface area is 112 Å². The summed E-state index contributed by atoms with van der Waals surface area (Å²) in [6.07, 6.45) is 1.24. The molecule has 0 amide bonds. The van der Waals surface area contributed by atoms with Gasteiger partial charge >= 0.3 is 0 Å². The van der Waals surface area contributed by atoms with Crippen LogP contribution in [0.15, 0.2) is 30.3 Å². The van der Waals surface area contributed by atoms with Crippen molar-refractivity contribution < 1.29 is 15.3 Å². The van der Waals surface area contributed by atoms with Gasteiger partial charge in [0, 0.05) is 11.1 Å². The zero-order chi connectivity index (χ0) is 14.0. The Balaban J connectivity index is 2.74. The molecule has 0 aliphatic rings. The normalized spacial score (nSPS) is 10.6. The number of rotatable bonds is 3. The van der Waals surface area contributed by atoms with Crippen molar-refractivity contribution in [1.29, 1.82) is 0 Å². The monoisotopic (exact) mass is 258 g/mol. The molecule has 0 heterocycles. The summed E-state index contributed by atoms with van der Waals surface area (Å²) >= 11 is 0. The van der Waals surface area contributed by atoms with Crippen LogP contribution in [0.4, 0.5) is 0 Å². The van der Waals surface area contributed by atoms with Gasteiger partial charge in [0.15, 0.2) is 0 Å². The molecule has 3 heteroatoms. The molecule has 19 heavy (non-hydrogen) atoms. The lowest BCUT2D eigenvalue weighted by Crippen LogP contribution is -1.94. The van der Waals surface area contributed by atoms with Gasteiger partial charge in [0.2, 0.25) is 0 Å². The van der Waals surface area contributed by atoms with E-state index < -0.39 is 0 Å². The van der Waals surface area contributed by atoms with Crippen LogP contribution in [0.2, 0.25) is 0 Å². The average Bonchev–Trinajstić information content (AvgIpc) is 2.38. The van der Waals surface area contributed by atoms with Gasteiger partial charge in [-0.15, -0.1) is 0 Å². The molecule has 3 nitrogen and oxygen atoms in total. The molecule has 2 aromatic rings. The fraction of sp³-hybridized carbons (Fsp3) is 0.250. The van der Waals surface area contributed by atoms with Crippen molar-refractivity contribution >= 4 is 0 Å². The van der Waals surface area contributed by atoms with Crippen LogP contribution in [-0.2, 0) is 12.8 Å². The molecule has 0 fully saturated rings. The van der Waals surface area contributed by atoms with Crippen LogP contribution in [0.5, 0.6) is 17.2 Å². The summed E-state index contributed by atoms with van der Waals surface area (Å²) < 4.78 is 0. The van der Waals surface area contributed by atoms with E-state index in [9.17, 15) is 15.3 Å². The van der Waals surface area contributed by atoms with Gasteiger partial charge in [0.25, 0.3) is 0 Å². The molecule has 2 rings (SSSR count). The number of benzene rings is 2. The van der Waals surface area contributed by atoms with Crippen LogP contribution in [0, 0.1) is 0 Å². The van der Waals surface area contributed by atoms with E-state index >= 15 is 0 Å². The molecular formula is C16H18O3. The maximum absolute atomic E-state index is 10.4. The zero-order valence-electron chi connectivity index (χ0n) is 11.1. The van der Waals surface area contributed by atoms with Gasteiger partial charge in [0.1, 0.15) is 17.2 Å². The van der Waals surface area contributed by atoms with Crippen LogP contribution in [0.25, 0.3) is 11.1 Å². The molecule has 0 saturated carbocycles. The fourth-order valence-electron chi connectivity index (χ4n) is 2.36. The van der Waals surface area contributed by atoms with Crippen molar-refractivity contribution in [2.45, 2.75) is 26.7 Å². The predicted octanol–water partition coefficient (Wildman–Crippen LogP) is 3.60. The lowest BCUT2D eigenvalue weighted by atomic mass is 9.93.